The Hall–Kier alpha value is -7.31. The number of hydrazine groups is 1. The molecule has 0 amide bonds. The summed E-state index contributed by atoms with van der Waals surface area (Å²) in [5, 5.41) is 8.11. The van der Waals surface area contributed by atoms with Gasteiger partial charge in [0.1, 0.15) is 11.5 Å². The normalized spacial score (nSPS) is 15.1. The number of rotatable bonds is 7. The van der Waals surface area contributed by atoms with Crippen LogP contribution in [0.2, 0.25) is 0 Å². The molecule has 54 heavy (non-hydrogen) atoms. The summed E-state index contributed by atoms with van der Waals surface area (Å²) in [6, 6.07) is 63.1. The molecule has 1 unspecified atom stereocenters. The lowest BCUT2D eigenvalue weighted by molar-refractivity contribution is 0.0224. The maximum absolute atomic E-state index is 13.5. The monoisotopic (exact) mass is 699 g/mol. The molecule has 2 N–H and O–H groups in total. The lowest BCUT2D eigenvalue weighted by Crippen LogP contribution is -2.33. The van der Waals surface area contributed by atoms with E-state index in [-0.39, 0.29) is 5.97 Å². The van der Waals surface area contributed by atoms with Crippen molar-refractivity contribution in [3.8, 4) is 22.6 Å². The van der Waals surface area contributed by atoms with Crippen LogP contribution in [0.1, 0.15) is 27.0 Å². The number of hydrogen-bond acceptors (Lipinski definition) is 6. The molecule has 8 aromatic rings. The van der Waals surface area contributed by atoms with E-state index in [1.807, 2.05) is 103 Å². The van der Waals surface area contributed by atoms with Gasteiger partial charge in [-0.1, -0.05) is 127 Å². The number of carbonyl (C=O) groups excluding carboxylic acids is 1. The lowest BCUT2D eigenvalue weighted by atomic mass is 9.77. The van der Waals surface area contributed by atoms with E-state index in [1.54, 1.807) is 0 Å². The zero-order valence-electron chi connectivity index (χ0n) is 29.1. The number of nitrogens with zero attached hydrogens (tertiary/aromatic N) is 1. The van der Waals surface area contributed by atoms with Crippen molar-refractivity contribution in [2.45, 2.75) is 5.60 Å². The molecule has 6 nitrogen and oxygen atoms in total. The molecular weight excluding hydrogens is 667 g/mol. The van der Waals surface area contributed by atoms with Crippen molar-refractivity contribution in [1.82, 2.24) is 0 Å². The minimum atomic E-state index is -1.16. The third kappa shape index (κ3) is 5.07. The van der Waals surface area contributed by atoms with Crippen molar-refractivity contribution in [2.24, 2.45) is 0 Å². The molecule has 258 valence electrons. The molecule has 0 saturated carbocycles. The summed E-state index contributed by atoms with van der Waals surface area (Å²) >= 11 is 0. The quantitative estimate of drug-likeness (QED) is 0.128. The van der Waals surface area contributed by atoms with Gasteiger partial charge in [-0.3, -0.25) is 10.4 Å². The highest BCUT2D eigenvalue weighted by atomic mass is 16.6. The molecule has 8 aromatic carbocycles. The second-order valence-corrected chi connectivity index (χ2v) is 13.4. The molecule has 1 atom stereocenters. The zero-order valence-corrected chi connectivity index (χ0v) is 29.1. The fourth-order valence-corrected chi connectivity index (χ4v) is 7.88. The third-order valence-electron chi connectivity index (χ3n) is 10.2. The maximum Gasteiger partial charge on any atom is 0.340 e. The van der Waals surface area contributed by atoms with E-state index < -0.39 is 5.60 Å². The molecule has 0 bridgehead atoms. The first-order valence-corrected chi connectivity index (χ1v) is 18.0. The van der Waals surface area contributed by atoms with Gasteiger partial charge in [0.2, 0.25) is 0 Å². The topological polar surface area (TPSA) is 62.8 Å². The molecule has 10 rings (SSSR count). The minimum Gasteiger partial charge on any atom is -0.456 e. The molecule has 2 aliphatic heterocycles. The highest BCUT2D eigenvalue weighted by Gasteiger charge is 2.53. The molecule has 2 aliphatic rings. The number of hydrogen-bond donors (Lipinski definition) is 2. The molecule has 2 heterocycles. The van der Waals surface area contributed by atoms with Crippen LogP contribution in [0.4, 0.5) is 28.4 Å². The van der Waals surface area contributed by atoms with Crippen LogP contribution >= 0.6 is 0 Å². The first-order chi connectivity index (χ1) is 26.7. The van der Waals surface area contributed by atoms with E-state index >= 15 is 0 Å². The highest BCUT2D eigenvalue weighted by molar-refractivity contribution is 6.10. The van der Waals surface area contributed by atoms with Gasteiger partial charge < -0.3 is 14.8 Å². The van der Waals surface area contributed by atoms with E-state index in [4.69, 9.17) is 9.47 Å². The summed E-state index contributed by atoms with van der Waals surface area (Å²) in [4.78, 5) is 13.5. The van der Waals surface area contributed by atoms with Crippen LogP contribution in [-0.2, 0) is 10.3 Å². The van der Waals surface area contributed by atoms with Crippen LogP contribution in [-0.4, -0.2) is 5.97 Å². The van der Waals surface area contributed by atoms with Crippen molar-refractivity contribution in [2.75, 3.05) is 15.8 Å². The Bertz CT molecular complexity index is 2700. The van der Waals surface area contributed by atoms with Gasteiger partial charge in [0.15, 0.2) is 5.60 Å². The number of esters is 1. The van der Waals surface area contributed by atoms with Gasteiger partial charge in [0.05, 0.1) is 28.3 Å². The standard InChI is InChI=1S/C48H33N3O3/c52-47-38-24-12-13-25-39(38)48(54-47)40-26-14-15-27-43(40)53-44-31-36(28-29-41(44)48)51(50-35-21-8-3-9-22-35)46-42(49-34-19-6-2-7-20-34)30-33-18-10-11-23-37(33)45(46)32-16-4-1-5-17-32/h1-31,49-50H. The molecule has 0 aliphatic carbocycles. The Morgan fingerprint density at radius 2 is 1.17 bits per heavy atom. The van der Waals surface area contributed by atoms with Gasteiger partial charge in [-0.05, 0) is 70.9 Å². The molecule has 1 spiro atoms. The number of carbonyl (C=O) groups is 1. The van der Waals surface area contributed by atoms with E-state index in [9.17, 15) is 4.79 Å². The van der Waals surface area contributed by atoms with Gasteiger partial charge in [-0.15, -0.1) is 0 Å². The SMILES string of the molecule is O=C1OC2(c3ccccc3Oc3cc(N(Nc4ccccc4)c4c(Nc5ccccc5)cc5ccccc5c4-c4ccccc4)ccc32)c2ccccc21. The molecular formula is C48H33N3O3. The Morgan fingerprint density at radius 1 is 0.537 bits per heavy atom. The highest BCUT2D eigenvalue weighted by Crippen LogP contribution is 2.57. The molecule has 0 aromatic heterocycles. The molecule has 0 radical (unpaired) electrons. The summed E-state index contributed by atoms with van der Waals surface area (Å²) in [6.45, 7) is 0. The summed E-state index contributed by atoms with van der Waals surface area (Å²) in [6.07, 6.45) is 0. The Kier molecular flexibility index (Phi) is 7.40. The smallest absolute Gasteiger partial charge is 0.340 e. The van der Waals surface area contributed by atoms with E-state index in [0.29, 0.717) is 17.1 Å². The molecule has 0 saturated heterocycles. The van der Waals surface area contributed by atoms with Crippen LogP contribution in [0.25, 0.3) is 21.9 Å². The molecule has 6 heteroatoms. The number of para-hydroxylation sites is 3. The second-order valence-electron chi connectivity index (χ2n) is 13.4. The van der Waals surface area contributed by atoms with Gasteiger partial charge >= 0.3 is 5.97 Å². The van der Waals surface area contributed by atoms with Crippen LogP contribution in [0, 0.1) is 0 Å². The van der Waals surface area contributed by atoms with Crippen molar-refractivity contribution >= 4 is 45.2 Å². The first-order valence-electron chi connectivity index (χ1n) is 18.0. The predicted molar refractivity (Wildman–Crippen MR) is 216 cm³/mol. The summed E-state index contributed by atoms with van der Waals surface area (Å²) in [7, 11) is 0. The van der Waals surface area contributed by atoms with Gasteiger partial charge in [0.25, 0.3) is 0 Å². The summed E-state index contributed by atoms with van der Waals surface area (Å²) < 4.78 is 13.2. The number of nitrogens with one attached hydrogen (secondary N) is 2. The number of anilines is 5. The fraction of sp³-hybridized carbons (Fsp3) is 0.0208. The van der Waals surface area contributed by atoms with E-state index in [2.05, 4.69) is 101 Å². The largest absolute Gasteiger partial charge is 0.456 e. The van der Waals surface area contributed by atoms with E-state index in [0.717, 1.165) is 67.0 Å². The van der Waals surface area contributed by atoms with Crippen LogP contribution in [0.3, 0.4) is 0 Å². The third-order valence-corrected chi connectivity index (χ3v) is 10.2. The fourth-order valence-electron chi connectivity index (χ4n) is 7.88. The van der Waals surface area contributed by atoms with Crippen molar-refractivity contribution in [3.05, 3.63) is 210 Å². The van der Waals surface area contributed by atoms with Crippen LogP contribution < -0.4 is 20.5 Å². The summed E-state index contributed by atoms with van der Waals surface area (Å²) in [5.41, 5.74) is 12.1. The number of fused-ring (bicyclic) bond motifs is 7. The summed E-state index contributed by atoms with van der Waals surface area (Å²) in [5.74, 6) is 0.872. The first kappa shape index (κ1) is 31.4. The van der Waals surface area contributed by atoms with Gasteiger partial charge in [0, 0.05) is 34.0 Å². The average molecular weight is 700 g/mol. The second kappa shape index (κ2) is 12.7. The minimum absolute atomic E-state index is 0.356. The van der Waals surface area contributed by atoms with Crippen molar-refractivity contribution in [3.63, 3.8) is 0 Å². The van der Waals surface area contributed by atoms with E-state index in [1.165, 1.54) is 0 Å². The predicted octanol–water partition coefficient (Wildman–Crippen LogP) is 12.0. The van der Waals surface area contributed by atoms with Gasteiger partial charge in [-0.25, -0.2) is 4.79 Å². The average Bonchev–Trinajstić information content (AvgIpc) is 3.52. The number of benzene rings is 8. The Balaban J connectivity index is 1.24. The number of ether oxygens (including phenoxy) is 2. The van der Waals surface area contributed by atoms with Gasteiger partial charge in [-0.2, -0.15) is 0 Å². The zero-order chi connectivity index (χ0) is 36.1. The lowest BCUT2D eigenvalue weighted by Gasteiger charge is -2.37. The maximum atomic E-state index is 13.5. The van der Waals surface area contributed by atoms with Crippen LogP contribution in [0.15, 0.2) is 188 Å². The Labute approximate surface area is 312 Å². The van der Waals surface area contributed by atoms with Crippen molar-refractivity contribution < 1.29 is 14.3 Å². The Morgan fingerprint density at radius 3 is 1.96 bits per heavy atom. The van der Waals surface area contributed by atoms with Crippen molar-refractivity contribution in [1.29, 1.82) is 0 Å². The molecule has 0 fully saturated rings. The van der Waals surface area contributed by atoms with Crippen LogP contribution in [0.5, 0.6) is 11.5 Å².